The first-order valence-electron chi connectivity index (χ1n) is 8.99. The predicted molar refractivity (Wildman–Crippen MR) is 99.5 cm³/mol. The first-order valence-corrected chi connectivity index (χ1v) is 8.99. The average molecular weight is 409 g/mol. The number of hydrogen-bond donors (Lipinski definition) is 1. The number of amides is 1. The normalized spacial score (nSPS) is 12.5. The van der Waals surface area contributed by atoms with Crippen LogP contribution in [0.2, 0.25) is 0 Å². The van der Waals surface area contributed by atoms with Crippen molar-refractivity contribution in [3.63, 3.8) is 0 Å². The highest BCUT2D eigenvalue weighted by atomic mass is 19.4. The van der Waals surface area contributed by atoms with E-state index in [0.717, 1.165) is 0 Å². The highest BCUT2D eigenvalue weighted by molar-refractivity contribution is 5.94. The molecule has 0 fully saturated rings. The van der Waals surface area contributed by atoms with Gasteiger partial charge in [0.1, 0.15) is 5.78 Å². The van der Waals surface area contributed by atoms with E-state index in [-0.39, 0.29) is 29.9 Å². The van der Waals surface area contributed by atoms with Crippen molar-refractivity contribution >= 4 is 11.7 Å². The van der Waals surface area contributed by atoms with E-state index in [1.54, 1.807) is 26.8 Å². The number of halogens is 3. The third kappa shape index (κ3) is 7.17. The van der Waals surface area contributed by atoms with E-state index in [1.165, 1.54) is 30.6 Å². The molecule has 1 atom stereocenters. The van der Waals surface area contributed by atoms with Crippen LogP contribution in [0, 0.1) is 5.92 Å². The van der Waals surface area contributed by atoms with Gasteiger partial charge in [0.25, 0.3) is 5.91 Å². The van der Waals surface area contributed by atoms with Crippen LogP contribution < -0.4 is 10.1 Å². The van der Waals surface area contributed by atoms with Crippen LogP contribution in [0.4, 0.5) is 13.2 Å². The van der Waals surface area contributed by atoms with Gasteiger partial charge in [-0.25, -0.2) is 4.98 Å². The maximum absolute atomic E-state index is 12.5. The van der Waals surface area contributed by atoms with E-state index in [1.807, 2.05) is 0 Å². The van der Waals surface area contributed by atoms with Crippen molar-refractivity contribution in [3.8, 4) is 5.88 Å². The molecule has 156 valence electrons. The van der Waals surface area contributed by atoms with Crippen LogP contribution in [0.3, 0.4) is 0 Å². The number of nitrogens with zero attached hydrogens (tertiary/aromatic N) is 2. The molecule has 1 amide bonds. The van der Waals surface area contributed by atoms with Gasteiger partial charge in [0, 0.05) is 42.1 Å². The third-order valence-corrected chi connectivity index (χ3v) is 4.07. The lowest BCUT2D eigenvalue weighted by atomic mass is 10.0. The number of aromatic nitrogens is 2. The molecule has 0 aliphatic heterocycles. The number of nitrogens with one attached hydrogen (secondary N) is 1. The summed E-state index contributed by atoms with van der Waals surface area (Å²) in [7, 11) is 0. The number of ether oxygens (including phenoxy) is 1. The molecule has 29 heavy (non-hydrogen) atoms. The molecule has 1 N–H and O–H groups in total. The lowest BCUT2D eigenvalue weighted by Gasteiger charge is -2.15. The van der Waals surface area contributed by atoms with Crippen molar-refractivity contribution in [1.29, 1.82) is 0 Å². The quantitative estimate of drug-likeness (QED) is 0.719. The van der Waals surface area contributed by atoms with Crippen LogP contribution in [0.5, 0.6) is 5.88 Å². The molecule has 2 aromatic rings. The number of alkyl halides is 3. The van der Waals surface area contributed by atoms with Crippen LogP contribution in [-0.4, -0.2) is 34.4 Å². The topological polar surface area (TPSA) is 81.2 Å². The zero-order valence-corrected chi connectivity index (χ0v) is 16.3. The van der Waals surface area contributed by atoms with Crippen molar-refractivity contribution in [1.82, 2.24) is 15.3 Å². The molecule has 0 aliphatic rings. The van der Waals surface area contributed by atoms with Crippen LogP contribution in [0.25, 0.3) is 0 Å². The van der Waals surface area contributed by atoms with Crippen molar-refractivity contribution < 1.29 is 27.5 Å². The second kappa shape index (κ2) is 9.49. The van der Waals surface area contributed by atoms with Crippen LogP contribution >= 0.6 is 0 Å². The van der Waals surface area contributed by atoms with Gasteiger partial charge in [0.15, 0.2) is 6.61 Å². The molecule has 2 rings (SSSR count). The molecule has 0 saturated carbocycles. The Morgan fingerprint density at radius 1 is 1.14 bits per heavy atom. The van der Waals surface area contributed by atoms with Gasteiger partial charge in [0.05, 0.1) is 6.04 Å². The summed E-state index contributed by atoms with van der Waals surface area (Å²) in [6, 6.07) is 5.50. The van der Waals surface area contributed by atoms with Gasteiger partial charge in [-0.3, -0.25) is 14.6 Å². The van der Waals surface area contributed by atoms with Gasteiger partial charge >= 0.3 is 6.18 Å². The van der Waals surface area contributed by atoms with Gasteiger partial charge in [-0.1, -0.05) is 19.9 Å². The summed E-state index contributed by atoms with van der Waals surface area (Å²) in [6.07, 6.45) is -1.48. The number of carbonyl (C=O) groups is 2. The molecule has 0 bridgehead atoms. The smallest absolute Gasteiger partial charge is 0.422 e. The van der Waals surface area contributed by atoms with Gasteiger partial charge < -0.3 is 10.1 Å². The van der Waals surface area contributed by atoms with Crippen molar-refractivity contribution in [2.75, 3.05) is 6.61 Å². The number of Topliss-reactive ketones (excluding diaryl/α,β-unsaturated/α-hetero) is 1. The Balaban J connectivity index is 1.99. The molecule has 0 radical (unpaired) electrons. The Hall–Kier alpha value is -2.97. The summed E-state index contributed by atoms with van der Waals surface area (Å²) >= 11 is 0. The number of rotatable bonds is 8. The molecule has 0 aromatic carbocycles. The summed E-state index contributed by atoms with van der Waals surface area (Å²) in [5, 5.41) is 2.78. The van der Waals surface area contributed by atoms with Crippen LogP contribution in [-0.2, 0) is 11.2 Å². The fourth-order valence-electron chi connectivity index (χ4n) is 2.35. The summed E-state index contributed by atoms with van der Waals surface area (Å²) in [6.45, 7) is 3.90. The van der Waals surface area contributed by atoms with Crippen molar-refractivity contribution in [2.45, 2.75) is 39.4 Å². The van der Waals surface area contributed by atoms with Gasteiger partial charge in [-0.05, 0) is 24.6 Å². The fourth-order valence-corrected chi connectivity index (χ4v) is 2.35. The summed E-state index contributed by atoms with van der Waals surface area (Å²) in [4.78, 5) is 32.3. The maximum atomic E-state index is 12.5. The lowest BCUT2D eigenvalue weighted by molar-refractivity contribution is -0.154. The Labute approximate surface area is 166 Å². The molecule has 1 unspecified atom stereocenters. The molecule has 9 heteroatoms. The van der Waals surface area contributed by atoms with E-state index >= 15 is 0 Å². The second-order valence-corrected chi connectivity index (χ2v) is 6.86. The Morgan fingerprint density at radius 2 is 1.86 bits per heavy atom. The van der Waals surface area contributed by atoms with Crippen molar-refractivity contribution in [3.05, 3.63) is 53.5 Å². The largest absolute Gasteiger partial charge is 0.468 e. The predicted octanol–water partition coefficient (Wildman–Crippen LogP) is 3.68. The molecule has 0 saturated heterocycles. The van der Waals surface area contributed by atoms with E-state index in [4.69, 9.17) is 0 Å². The van der Waals surface area contributed by atoms with Gasteiger partial charge in [-0.2, -0.15) is 13.2 Å². The molecule has 2 aromatic heterocycles. The minimum absolute atomic E-state index is 0.0299. The van der Waals surface area contributed by atoms with E-state index in [0.29, 0.717) is 16.8 Å². The Bertz CT molecular complexity index is 852. The zero-order chi connectivity index (χ0) is 21.6. The van der Waals surface area contributed by atoms with Crippen LogP contribution in [0.15, 0.2) is 36.7 Å². The number of pyridine rings is 2. The monoisotopic (exact) mass is 409 g/mol. The van der Waals surface area contributed by atoms with E-state index in [9.17, 15) is 22.8 Å². The molecular formula is C20H22F3N3O3. The maximum Gasteiger partial charge on any atom is 0.422 e. The minimum atomic E-state index is -4.44. The zero-order valence-electron chi connectivity index (χ0n) is 16.3. The van der Waals surface area contributed by atoms with E-state index in [2.05, 4.69) is 20.0 Å². The molecular weight excluding hydrogens is 387 g/mol. The molecule has 0 spiro atoms. The summed E-state index contributed by atoms with van der Waals surface area (Å²) < 4.78 is 41.1. The SMILES string of the molecule is CC(C)C(=O)Cc1cc(C(=O)NC(C)c2ccc(OCC(F)(F)F)nc2)ccn1. The number of ketones is 1. The Morgan fingerprint density at radius 3 is 2.45 bits per heavy atom. The fraction of sp³-hybridized carbons (Fsp3) is 0.400. The lowest BCUT2D eigenvalue weighted by Crippen LogP contribution is -2.27. The minimum Gasteiger partial charge on any atom is -0.468 e. The highest BCUT2D eigenvalue weighted by Gasteiger charge is 2.28. The average Bonchev–Trinajstić information content (AvgIpc) is 2.66. The van der Waals surface area contributed by atoms with Gasteiger partial charge in [0.2, 0.25) is 5.88 Å². The summed E-state index contributed by atoms with van der Waals surface area (Å²) in [5.74, 6) is -0.610. The molecule has 6 nitrogen and oxygen atoms in total. The van der Waals surface area contributed by atoms with Gasteiger partial charge in [-0.15, -0.1) is 0 Å². The van der Waals surface area contributed by atoms with Crippen LogP contribution in [0.1, 0.15) is 48.4 Å². The number of carbonyl (C=O) groups excluding carboxylic acids is 2. The molecule has 0 aliphatic carbocycles. The number of hydrogen-bond acceptors (Lipinski definition) is 5. The first-order chi connectivity index (χ1) is 13.5. The first kappa shape index (κ1) is 22.3. The molecule has 2 heterocycles. The Kier molecular flexibility index (Phi) is 7.30. The van der Waals surface area contributed by atoms with E-state index < -0.39 is 18.8 Å². The highest BCUT2D eigenvalue weighted by Crippen LogP contribution is 2.19. The third-order valence-electron chi connectivity index (χ3n) is 4.07. The second-order valence-electron chi connectivity index (χ2n) is 6.86. The summed E-state index contributed by atoms with van der Waals surface area (Å²) in [5.41, 5.74) is 1.47. The standard InChI is InChI=1S/C20H22F3N3O3/c1-12(2)17(27)9-16-8-14(6-7-24-16)19(28)26-13(3)15-4-5-18(25-10-15)29-11-20(21,22)23/h4-8,10,12-13H,9,11H2,1-3H3,(H,26,28). The van der Waals surface area contributed by atoms with Crippen molar-refractivity contribution in [2.24, 2.45) is 5.92 Å².